The van der Waals surface area contributed by atoms with Gasteiger partial charge in [-0.15, -0.1) is 0 Å². The molecule has 0 aromatic heterocycles. The lowest BCUT2D eigenvalue weighted by Crippen LogP contribution is -2.48. The number of aliphatic hydroxyl groups excluding tert-OH is 1. The molecule has 0 aromatic carbocycles. The highest BCUT2D eigenvalue weighted by Gasteiger charge is 2.39. The fraction of sp³-hybridized carbons (Fsp3) is 1.00. The van der Waals surface area contributed by atoms with Crippen LogP contribution < -0.4 is 5.32 Å². The molecule has 2 unspecified atom stereocenters. The van der Waals surface area contributed by atoms with E-state index in [1.165, 1.54) is 0 Å². The van der Waals surface area contributed by atoms with Crippen molar-refractivity contribution in [1.82, 2.24) is 10.2 Å². The molecule has 17 heavy (non-hydrogen) atoms. The predicted molar refractivity (Wildman–Crippen MR) is 59.8 cm³/mol. The predicted octanol–water partition coefficient (Wildman–Crippen LogP) is 1.37. The summed E-state index contributed by atoms with van der Waals surface area (Å²) in [5, 5.41) is 12.3. The van der Waals surface area contributed by atoms with Crippen LogP contribution in [0.15, 0.2) is 0 Å². The van der Waals surface area contributed by atoms with Crippen molar-refractivity contribution < 1.29 is 18.3 Å². The van der Waals surface area contributed by atoms with Crippen LogP contribution in [-0.4, -0.2) is 54.0 Å². The van der Waals surface area contributed by atoms with Crippen LogP contribution in [0.1, 0.15) is 26.7 Å². The van der Waals surface area contributed by atoms with E-state index >= 15 is 0 Å². The Morgan fingerprint density at radius 2 is 2.06 bits per heavy atom. The number of aliphatic hydroxyl groups is 1. The molecule has 2 N–H and O–H groups in total. The Labute approximate surface area is 100.0 Å². The van der Waals surface area contributed by atoms with Crippen molar-refractivity contribution >= 4 is 0 Å². The molecular formula is C11H21F3N2O. The van der Waals surface area contributed by atoms with Gasteiger partial charge < -0.3 is 10.4 Å². The lowest BCUT2D eigenvalue weighted by molar-refractivity contribution is -0.209. The Bertz CT molecular complexity index is 227. The number of halogens is 3. The SMILES string of the molecule is CC(C)N(CC1CCCN1)CC(O)C(F)(F)F. The zero-order valence-corrected chi connectivity index (χ0v) is 10.3. The van der Waals surface area contributed by atoms with Crippen molar-refractivity contribution in [3.63, 3.8) is 0 Å². The van der Waals surface area contributed by atoms with Gasteiger partial charge in [0.25, 0.3) is 0 Å². The number of nitrogens with one attached hydrogen (secondary N) is 1. The highest BCUT2D eigenvalue weighted by Crippen LogP contribution is 2.21. The monoisotopic (exact) mass is 254 g/mol. The maximum Gasteiger partial charge on any atom is 0.415 e. The van der Waals surface area contributed by atoms with Crippen molar-refractivity contribution in [2.75, 3.05) is 19.6 Å². The topological polar surface area (TPSA) is 35.5 Å². The van der Waals surface area contributed by atoms with Gasteiger partial charge in [0.15, 0.2) is 6.10 Å². The van der Waals surface area contributed by atoms with E-state index in [0.29, 0.717) is 6.54 Å². The summed E-state index contributed by atoms with van der Waals surface area (Å²) in [5.41, 5.74) is 0. The zero-order valence-electron chi connectivity index (χ0n) is 10.3. The fourth-order valence-electron chi connectivity index (χ4n) is 2.02. The largest absolute Gasteiger partial charge is 0.415 e. The molecule has 0 saturated carbocycles. The van der Waals surface area contributed by atoms with Gasteiger partial charge in [-0.2, -0.15) is 13.2 Å². The highest BCUT2D eigenvalue weighted by molar-refractivity contribution is 4.81. The van der Waals surface area contributed by atoms with Gasteiger partial charge >= 0.3 is 6.18 Å². The van der Waals surface area contributed by atoms with Gasteiger partial charge in [0.1, 0.15) is 0 Å². The van der Waals surface area contributed by atoms with Crippen molar-refractivity contribution in [3.8, 4) is 0 Å². The molecule has 0 spiro atoms. The first kappa shape index (κ1) is 14.7. The second-order valence-corrected chi connectivity index (χ2v) is 4.90. The van der Waals surface area contributed by atoms with E-state index < -0.39 is 12.3 Å². The van der Waals surface area contributed by atoms with Gasteiger partial charge in [0.2, 0.25) is 0 Å². The molecule has 1 heterocycles. The van der Waals surface area contributed by atoms with Crippen LogP contribution in [0.3, 0.4) is 0 Å². The van der Waals surface area contributed by atoms with Gasteiger partial charge in [-0.25, -0.2) is 0 Å². The minimum absolute atomic E-state index is 0.00519. The van der Waals surface area contributed by atoms with Crippen molar-refractivity contribution in [2.24, 2.45) is 0 Å². The molecule has 2 atom stereocenters. The van der Waals surface area contributed by atoms with Gasteiger partial charge in [0.05, 0.1) is 0 Å². The molecule has 1 saturated heterocycles. The van der Waals surface area contributed by atoms with E-state index in [1.807, 2.05) is 13.8 Å². The number of alkyl halides is 3. The van der Waals surface area contributed by atoms with Crippen molar-refractivity contribution in [2.45, 2.75) is 51.1 Å². The first-order valence-electron chi connectivity index (χ1n) is 6.03. The maximum atomic E-state index is 12.3. The van der Waals surface area contributed by atoms with E-state index in [2.05, 4.69) is 5.32 Å². The van der Waals surface area contributed by atoms with Crippen LogP contribution in [0.5, 0.6) is 0 Å². The first-order chi connectivity index (χ1) is 7.80. The minimum atomic E-state index is -4.53. The van der Waals surface area contributed by atoms with Crippen LogP contribution in [0, 0.1) is 0 Å². The van der Waals surface area contributed by atoms with Crippen LogP contribution >= 0.6 is 0 Å². The van der Waals surface area contributed by atoms with Gasteiger partial charge in [-0.1, -0.05) is 0 Å². The van der Waals surface area contributed by atoms with Gasteiger partial charge in [-0.05, 0) is 33.2 Å². The summed E-state index contributed by atoms with van der Waals surface area (Å²) >= 11 is 0. The van der Waals surface area contributed by atoms with Crippen molar-refractivity contribution in [3.05, 3.63) is 0 Å². The summed E-state index contributed by atoms with van der Waals surface area (Å²) in [4.78, 5) is 1.68. The van der Waals surface area contributed by atoms with E-state index in [0.717, 1.165) is 19.4 Å². The third-order valence-corrected chi connectivity index (χ3v) is 3.13. The van der Waals surface area contributed by atoms with E-state index in [1.54, 1.807) is 4.90 Å². The molecular weight excluding hydrogens is 233 g/mol. The summed E-state index contributed by atoms with van der Waals surface area (Å²) in [5.74, 6) is 0. The molecule has 1 aliphatic heterocycles. The molecule has 1 rings (SSSR count). The molecule has 0 bridgehead atoms. The quantitative estimate of drug-likeness (QED) is 0.778. The molecule has 0 aliphatic carbocycles. The molecule has 0 aromatic rings. The Balaban J connectivity index is 2.48. The molecule has 102 valence electrons. The lowest BCUT2D eigenvalue weighted by atomic mass is 10.1. The van der Waals surface area contributed by atoms with E-state index in [4.69, 9.17) is 5.11 Å². The second kappa shape index (κ2) is 6.02. The second-order valence-electron chi connectivity index (χ2n) is 4.90. The van der Waals surface area contributed by atoms with Gasteiger partial charge in [0, 0.05) is 25.2 Å². The maximum absolute atomic E-state index is 12.3. The Kier molecular flexibility index (Phi) is 5.22. The molecule has 1 fully saturated rings. The summed E-state index contributed by atoms with van der Waals surface area (Å²) in [6, 6.07) is 0.243. The lowest BCUT2D eigenvalue weighted by Gasteiger charge is -2.31. The first-order valence-corrected chi connectivity index (χ1v) is 6.03. The summed E-state index contributed by atoms with van der Waals surface area (Å²) in [6.07, 6.45) is -4.73. The smallest absolute Gasteiger partial charge is 0.382 e. The molecule has 6 heteroatoms. The van der Waals surface area contributed by atoms with Crippen LogP contribution in [0.25, 0.3) is 0 Å². The third kappa shape index (κ3) is 4.81. The Morgan fingerprint density at radius 3 is 2.47 bits per heavy atom. The minimum Gasteiger partial charge on any atom is -0.382 e. The zero-order chi connectivity index (χ0) is 13.1. The average Bonchev–Trinajstić information content (AvgIpc) is 2.67. The average molecular weight is 254 g/mol. The third-order valence-electron chi connectivity index (χ3n) is 3.13. The fourth-order valence-corrected chi connectivity index (χ4v) is 2.02. The van der Waals surface area contributed by atoms with E-state index in [-0.39, 0.29) is 18.6 Å². The van der Waals surface area contributed by atoms with Gasteiger partial charge in [-0.3, -0.25) is 4.90 Å². The van der Waals surface area contributed by atoms with Crippen LogP contribution in [-0.2, 0) is 0 Å². The molecule has 3 nitrogen and oxygen atoms in total. The Morgan fingerprint density at radius 1 is 1.41 bits per heavy atom. The molecule has 1 aliphatic rings. The number of nitrogens with zero attached hydrogens (tertiary/aromatic N) is 1. The standard InChI is InChI=1S/C11H21F3N2O/c1-8(2)16(6-9-4-3-5-15-9)7-10(17)11(12,13)14/h8-10,15,17H,3-7H2,1-2H3. The van der Waals surface area contributed by atoms with Crippen LogP contribution in [0.4, 0.5) is 13.2 Å². The van der Waals surface area contributed by atoms with Crippen LogP contribution in [0.2, 0.25) is 0 Å². The van der Waals surface area contributed by atoms with E-state index in [9.17, 15) is 13.2 Å². The number of hydrogen-bond donors (Lipinski definition) is 2. The summed E-state index contributed by atoms with van der Waals surface area (Å²) in [6.45, 7) is 4.83. The molecule has 0 amide bonds. The normalized spacial score (nSPS) is 23.6. The number of rotatable bonds is 5. The highest BCUT2D eigenvalue weighted by atomic mass is 19.4. The van der Waals surface area contributed by atoms with Crippen molar-refractivity contribution in [1.29, 1.82) is 0 Å². The Hall–Kier alpha value is -0.330. The number of hydrogen-bond acceptors (Lipinski definition) is 3. The summed E-state index contributed by atoms with van der Waals surface area (Å²) < 4.78 is 36.9. The summed E-state index contributed by atoms with van der Waals surface area (Å²) in [7, 11) is 0. The molecule has 0 radical (unpaired) electrons.